The first-order valence-corrected chi connectivity index (χ1v) is 3.77. The second-order valence-electron chi connectivity index (χ2n) is 2.77. The van der Waals surface area contributed by atoms with E-state index in [1.165, 1.54) is 17.1 Å². The highest BCUT2D eigenvalue weighted by molar-refractivity contribution is 6.52. The van der Waals surface area contributed by atoms with Crippen molar-refractivity contribution in [2.45, 2.75) is 0 Å². The van der Waals surface area contributed by atoms with E-state index in [9.17, 15) is 14.4 Å². The number of aromatic nitrogens is 2. The Kier molecular flexibility index (Phi) is 1.60. The standard InChI is InChI=1S/C7H6N4O3/c1-10-3-4(2-8-10)11-6(13)5(12)9-7(11)14/h2-3H,1H3,(H,9,12,14). The number of urea groups is 1. The summed E-state index contributed by atoms with van der Waals surface area (Å²) in [6, 6.07) is -0.743. The van der Waals surface area contributed by atoms with Crippen molar-refractivity contribution in [1.82, 2.24) is 15.1 Å². The molecule has 0 radical (unpaired) electrons. The van der Waals surface area contributed by atoms with Crippen LogP contribution in [0.25, 0.3) is 0 Å². The molecule has 1 fully saturated rings. The monoisotopic (exact) mass is 194 g/mol. The van der Waals surface area contributed by atoms with Gasteiger partial charge in [-0.3, -0.25) is 19.6 Å². The van der Waals surface area contributed by atoms with Crippen LogP contribution in [0.2, 0.25) is 0 Å². The van der Waals surface area contributed by atoms with Crippen LogP contribution in [-0.4, -0.2) is 27.6 Å². The second kappa shape index (κ2) is 2.66. The van der Waals surface area contributed by atoms with E-state index in [-0.39, 0.29) is 5.69 Å². The van der Waals surface area contributed by atoms with E-state index in [1.54, 1.807) is 7.05 Å². The summed E-state index contributed by atoms with van der Waals surface area (Å²) < 4.78 is 1.43. The molecule has 1 aromatic heterocycles. The molecule has 0 atom stereocenters. The molecule has 1 aliphatic heterocycles. The highest BCUT2D eigenvalue weighted by Crippen LogP contribution is 2.15. The first kappa shape index (κ1) is 8.42. The number of amides is 4. The molecular weight excluding hydrogens is 188 g/mol. The average Bonchev–Trinajstić information content (AvgIpc) is 2.60. The summed E-state index contributed by atoms with van der Waals surface area (Å²) in [7, 11) is 1.64. The fraction of sp³-hybridized carbons (Fsp3) is 0.143. The van der Waals surface area contributed by atoms with Gasteiger partial charge in [-0.25, -0.2) is 9.69 Å². The molecule has 0 saturated carbocycles. The summed E-state index contributed by atoms with van der Waals surface area (Å²) >= 11 is 0. The maximum atomic E-state index is 11.2. The van der Waals surface area contributed by atoms with E-state index >= 15 is 0 Å². The zero-order valence-corrected chi connectivity index (χ0v) is 7.22. The van der Waals surface area contributed by atoms with Gasteiger partial charge in [-0.05, 0) is 0 Å². The summed E-state index contributed by atoms with van der Waals surface area (Å²) in [5.74, 6) is -1.80. The van der Waals surface area contributed by atoms with Crippen LogP contribution >= 0.6 is 0 Å². The van der Waals surface area contributed by atoms with Gasteiger partial charge in [0, 0.05) is 13.2 Å². The Balaban J connectivity index is 2.40. The Hall–Kier alpha value is -2.18. The number of carbonyl (C=O) groups is 3. The maximum Gasteiger partial charge on any atom is 0.336 e. The molecule has 7 nitrogen and oxygen atoms in total. The van der Waals surface area contributed by atoms with E-state index in [2.05, 4.69) is 5.10 Å². The van der Waals surface area contributed by atoms with E-state index in [1.807, 2.05) is 5.32 Å². The minimum absolute atomic E-state index is 0.279. The van der Waals surface area contributed by atoms with Crippen LogP contribution in [0.3, 0.4) is 0 Å². The minimum atomic E-state index is -0.918. The van der Waals surface area contributed by atoms with Crippen LogP contribution in [0.5, 0.6) is 0 Å². The van der Waals surface area contributed by atoms with Crippen molar-refractivity contribution >= 4 is 23.5 Å². The molecule has 4 amide bonds. The molecule has 1 saturated heterocycles. The summed E-state index contributed by atoms with van der Waals surface area (Å²) in [6.45, 7) is 0. The number of imide groups is 2. The van der Waals surface area contributed by atoms with Gasteiger partial charge in [-0.15, -0.1) is 0 Å². The predicted molar refractivity (Wildman–Crippen MR) is 44.2 cm³/mol. The zero-order valence-electron chi connectivity index (χ0n) is 7.22. The van der Waals surface area contributed by atoms with Crippen LogP contribution in [0, 0.1) is 0 Å². The van der Waals surface area contributed by atoms with E-state index in [0.717, 1.165) is 4.90 Å². The molecule has 0 spiro atoms. The molecule has 7 heteroatoms. The highest BCUT2D eigenvalue weighted by Gasteiger charge is 2.38. The number of nitrogens with zero attached hydrogens (tertiary/aromatic N) is 3. The fourth-order valence-corrected chi connectivity index (χ4v) is 1.16. The third-order valence-corrected chi connectivity index (χ3v) is 1.77. The Bertz CT molecular complexity index is 436. The molecular formula is C7H6N4O3. The zero-order chi connectivity index (χ0) is 10.3. The third kappa shape index (κ3) is 1.06. The number of nitrogens with one attached hydrogen (secondary N) is 1. The van der Waals surface area contributed by atoms with Crippen molar-refractivity contribution in [1.29, 1.82) is 0 Å². The van der Waals surface area contributed by atoms with Gasteiger partial charge in [-0.2, -0.15) is 5.10 Å². The van der Waals surface area contributed by atoms with E-state index in [0.29, 0.717) is 0 Å². The molecule has 72 valence electrons. The predicted octanol–water partition coefficient (Wildman–Crippen LogP) is -0.997. The van der Waals surface area contributed by atoms with Crippen molar-refractivity contribution < 1.29 is 14.4 Å². The van der Waals surface area contributed by atoms with Gasteiger partial charge >= 0.3 is 17.8 Å². The quantitative estimate of drug-likeness (QED) is 0.459. The molecule has 2 rings (SSSR count). The summed E-state index contributed by atoms with van der Waals surface area (Å²) in [4.78, 5) is 33.9. The van der Waals surface area contributed by atoms with Crippen LogP contribution < -0.4 is 10.2 Å². The molecule has 0 bridgehead atoms. The molecule has 0 aliphatic carbocycles. The van der Waals surface area contributed by atoms with Gasteiger partial charge in [-0.1, -0.05) is 0 Å². The topological polar surface area (TPSA) is 84.3 Å². The Morgan fingerprint density at radius 2 is 2.07 bits per heavy atom. The normalized spacial score (nSPS) is 16.4. The lowest BCUT2D eigenvalue weighted by Gasteiger charge is -2.06. The third-order valence-electron chi connectivity index (χ3n) is 1.77. The fourth-order valence-electron chi connectivity index (χ4n) is 1.16. The summed E-state index contributed by atoms with van der Waals surface area (Å²) in [5, 5.41) is 5.67. The molecule has 0 aromatic carbocycles. The number of carbonyl (C=O) groups excluding carboxylic acids is 3. The minimum Gasteiger partial charge on any atom is -0.274 e. The first-order valence-electron chi connectivity index (χ1n) is 3.77. The Labute approximate surface area is 78.3 Å². The van der Waals surface area contributed by atoms with E-state index < -0.39 is 17.8 Å². The Morgan fingerprint density at radius 1 is 1.36 bits per heavy atom. The lowest BCUT2D eigenvalue weighted by molar-refractivity contribution is -0.134. The van der Waals surface area contributed by atoms with Crippen molar-refractivity contribution in [2.75, 3.05) is 4.90 Å². The lowest BCUT2D eigenvalue weighted by atomic mass is 10.4. The van der Waals surface area contributed by atoms with Gasteiger partial charge in [0.25, 0.3) is 0 Å². The van der Waals surface area contributed by atoms with E-state index in [4.69, 9.17) is 0 Å². The molecule has 1 N–H and O–H groups in total. The number of anilines is 1. The largest absolute Gasteiger partial charge is 0.336 e. The number of hydrogen-bond donors (Lipinski definition) is 1. The van der Waals surface area contributed by atoms with Gasteiger partial charge in [0.15, 0.2) is 0 Å². The average molecular weight is 194 g/mol. The number of aryl methyl sites for hydroxylation is 1. The Morgan fingerprint density at radius 3 is 2.50 bits per heavy atom. The van der Waals surface area contributed by atoms with Crippen molar-refractivity contribution in [3.05, 3.63) is 12.4 Å². The summed E-state index contributed by atoms with van der Waals surface area (Å²) in [6.07, 6.45) is 2.80. The maximum absolute atomic E-state index is 11.2. The molecule has 1 aliphatic rings. The van der Waals surface area contributed by atoms with Crippen LogP contribution in [0.4, 0.5) is 10.5 Å². The lowest BCUT2D eigenvalue weighted by Crippen LogP contribution is -2.30. The summed E-state index contributed by atoms with van der Waals surface area (Å²) in [5.41, 5.74) is 0.279. The van der Waals surface area contributed by atoms with Crippen molar-refractivity contribution in [2.24, 2.45) is 7.05 Å². The van der Waals surface area contributed by atoms with Gasteiger partial charge in [0.2, 0.25) is 0 Å². The molecule has 2 heterocycles. The number of hydrogen-bond acceptors (Lipinski definition) is 4. The SMILES string of the molecule is Cn1cc(N2C(=O)NC(=O)C2=O)cn1. The van der Waals surface area contributed by atoms with Gasteiger partial charge in [0.1, 0.15) is 0 Å². The van der Waals surface area contributed by atoms with Crippen LogP contribution in [0.1, 0.15) is 0 Å². The van der Waals surface area contributed by atoms with Crippen molar-refractivity contribution in [3.8, 4) is 0 Å². The second-order valence-corrected chi connectivity index (χ2v) is 2.77. The number of rotatable bonds is 1. The van der Waals surface area contributed by atoms with Gasteiger partial charge < -0.3 is 0 Å². The molecule has 0 unspecified atom stereocenters. The van der Waals surface area contributed by atoms with Crippen molar-refractivity contribution in [3.63, 3.8) is 0 Å². The molecule has 1 aromatic rings. The smallest absolute Gasteiger partial charge is 0.274 e. The highest BCUT2D eigenvalue weighted by atomic mass is 16.2. The molecule has 14 heavy (non-hydrogen) atoms. The van der Waals surface area contributed by atoms with Crippen LogP contribution in [-0.2, 0) is 16.6 Å². The van der Waals surface area contributed by atoms with Gasteiger partial charge in [0.05, 0.1) is 11.9 Å². The van der Waals surface area contributed by atoms with Crippen LogP contribution in [0.15, 0.2) is 12.4 Å². The first-order chi connectivity index (χ1) is 6.59.